The van der Waals surface area contributed by atoms with Crippen molar-refractivity contribution < 1.29 is 13.9 Å². The minimum Gasteiger partial charge on any atom is -0.462 e. The quantitative estimate of drug-likeness (QED) is 0.551. The summed E-state index contributed by atoms with van der Waals surface area (Å²) in [6.45, 7) is 2.43. The first-order valence-corrected chi connectivity index (χ1v) is 5.17. The highest BCUT2D eigenvalue weighted by molar-refractivity contribution is 5.89. The van der Waals surface area contributed by atoms with Crippen LogP contribution in [0.25, 0.3) is 0 Å². The second-order valence-electron chi connectivity index (χ2n) is 3.32. The van der Waals surface area contributed by atoms with Gasteiger partial charge in [0.25, 0.3) is 0 Å². The first-order chi connectivity index (χ1) is 7.25. The molecule has 0 fully saturated rings. The Bertz CT molecular complexity index is 323. The molecule has 0 atom stereocenters. The smallest absolute Gasteiger partial charge is 0.341 e. The minimum absolute atomic E-state index is 0.00833. The molecule has 82 valence electrons. The summed E-state index contributed by atoms with van der Waals surface area (Å²) in [6.07, 6.45) is 2.92. The summed E-state index contributed by atoms with van der Waals surface area (Å²) in [4.78, 5) is 11.4. The molecule has 0 aliphatic rings. The van der Waals surface area contributed by atoms with Crippen molar-refractivity contribution >= 4 is 5.97 Å². The Morgan fingerprint density at radius 2 is 2.07 bits per heavy atom. The van der Waals surface area contributed by atoms with E-state index in [1.807, 2.05) is 0 Å². The lowest BCUT2D eigenvalue weighted by atomic mass is 10.2. The molecule has 0 aromatic heterocycles. The van der Waals surface area contributed by atoms with E-state index < -0.39 is 11.8 Å². The van der Waals surface area contributed by atoms with E-state index >= 15 is 0 Å². The summed E-state index contributed by atoms with van der Waals surface area (Å²) < 4.78 is 18.0. The topological polar surface area (TPSA) is 26.3 Å². The summed E-state index contributed by atoms with van der Waals surface area (Å²) in [5.41, 5.74) is 0.00833. The lowest BCUT2D eigenvalue weighted by Gasteiger charge is -2.04. The van der Waals surface area contributed by atoms with Crippen molar-refractivity contribution in [1.29, 1.82) is 0 Å². The van der Waals surface area contributed by atoms with Gasteiger partial charge in [-0.3, -0.25) is 0 Å². The van der Waals surface area contributed by atoms with Gasteiger partial charge in [0.1, 0.15) is 5.82 Å². The summed E-state index contributed by atoms with van der Waals surface area (Å²) >= 11 is 0. The number of carbonyl (C=O) groups is 1. The minimum atomic E-state index is -0.579. The molecule has 1 rings (SSSR count). The van der Waals surface area contributed by atoms with E-state index in [0.717, 1.165) is 19.3 Å². The summed E-state index contributed by atoms with van der Waals surface area (Å²) in [5, 5.41) is 0. The molecular formula is C12H15FO2. The van der Waals surface area contributed by atoms with Gasteiger partial charge in [-0.15, -0.1) is 0 Å². The van der Waals surface area contributed by atoms with Gasteiger partial charge in [-0.05, 0) is 18.6 Å². The second kappa shape index (κ2) is 6.17. The number of carbonyl (C=O) groups excluding carboxylic acids is 1. The molecule has 0 aliphatic heterocycles. The van der Waals surface area contributed by atoms with Crippen LogP contribution in [0.3, 0.4) is 0 Å². The predicted octanol–water partition coefficient (Wildman–Crippen LogP) is 3.17. The second-order valence-corrected chi connectivity index (χ2v) is 3.32. The summed E-state index contributed by atoms with van der Waals surface area (Å²) in [7, 11) is 0. The lowest BCUT2D eigenvalue weighted by Crippen LogP contribution is -2.08. The van der Waals surface area contributed by atoms with E-state index in [4.69, 9.17) is 4.74 Å². The number of hydrogen-bond donors (Lipinski definition) is 0. The number of benzene rings is 1. The standard InChI is InChI=1S/C12H15FO2/c1-2-3-6-9-15-12(14)10-7-4-5-8-11(10)13/h4-5,7-8H,2-3,6,9H2,1H3. The van der Waals surface area contributed by atoms with Crippen molar-refractivity contribution in [3.63, 3.8) is 0 Å². The SMILES string of the molecule is CCCCCOC(=O)c1ccccc1F. The van der Waals surface area contributed by atoms with Crippen LogP contribution < -0.4 is 0 Å². The van der Waals surface area contributed by atoms with Gasteiger partial charge in [-0.25, -0.2) is 9.18 Å². The fourth-order valence-corrected chi connectivity index (χ4v) is 1.22. The number of halogens is 1. The molecule has 0 saturated carbocycles. The Kier molecular flexibility index (Phi) is 4.81. The van der Waals surface area contributed by atoms with Crippen molar-refractivity contribution in [2.45, 2.75) is 26.2 Å². The van der Waals surface area contributed by atoms with Crippen LogP contribution in [-0.4, -0.2) is 12.6 Å². The summed E-state index contributed by atoms with van der Waals surface area (Å²) in [5.74, 6) is -1.11. The molecule has 0 amide bonds. The number of unbranched alkanes of at least 4 members (excludes halogenated alkanes) is 2. The van der Waals surface area contributed by atoms with Gasteiger partial charge in [0.05, 0.1) is 12.2 Å². The van der Waals surface area contributed by atoms with Crippen LogP contribution in [0.2, 0.25) is 0 Å². The first-order valence-electron chi connectivity index (χ1n) is 5.17. The van der Waals surface area contributed by atoms with Crippen molar-refractivity contribution in [3.05, 3.63) is 35.6 Å². The Balaban J connectivity index is 2.44. The normalized spacial score (nSPS) is 10.0. The average Bonchev–Trinajstić information content (AvgIpc) is 2.25. The molecule has 0 aliphatic carbocycles. The van der Waals surface area contributed by atoms with Gasteiger partial charge in [0.15, 0.2) is 0 Å². The third kappa shape index (κ3) is 3.70. The zero-order valence-corrected chi connectivity index (χ0v) is 8.83. The van der Waals surface area contributed by atoms with Crippen molar-refractivity contribution in [2.24, 2.45) is 0 Å². The third-order valence-electron chi connectivity index (χ3n) is 2.07. The Morgan fingerprint density at radius 1 is 1.33 bits per heavy atom. The highest BCUT2D eigenvalue weighted by Crippen LogP contribution is 2.08. The number of esters is 1. The van der Waals surface area contributed by atoms with E-state index in [-0.39, 0.29) is 5.56 Å². The average molecular weight is 210 g/mol. The van der Waals surface area contributed by atoms with Crippen LogP contribution in [0.1, 0.15) is 36.5 Å². The van der Waals surface area contributed by atoms with Gasteiger partial charge in [0, 0.05) is 0 Å². The fraction of sp³-hybridized carbons (Fsp3) is 0.417. The van der Waals surface area contributed by atoms with Crippen LogP contribution in [0.5, 0.6) is 0 Å². The number of rotatable bonds is 5. The highest BCUT2D eigenvalue weighted by atomic mass is 19.1. The Labute approximate surface area is 89.1 Å². The molecule has 0 radical (unpaired) electrons. The Hall–Kier alpha value is -1.38. The van der Waals surface area contributed by atoms with Gasteiger partial charge < -0.3 is 4.74 Å². The largest absolute Gasteiger partial charge is 0.462 e. The molecule has 1 aromatic carbocycles. The lowest BCUT2D eigenvalue weighted by molar-refractivity contribution is 0.0493. The van der Waals surface area contributed by atoms with Crippen molar-refractivity contribution in [1.82, 2.24) is 0 Å². The number of hydrogen-bond acceptors (Lipinski definition) is 2. The molecule has 0 saturated heterocycles. The van der Waals surface area contributed by atoms with Crippen molar-refractivity contribution in [3.8, 4) is 0 Å². The van der Waals surface area contributed by atoms with Crippen LogP contribution in [0.15, 0.2) is 24.3 Å². The zero-order chi connectivity index (χ0) is 11.1. The van der Waals surface area contributed by atoms with Crippen LogP contribution in [-0.2, 0) is 4.74 Å². The third-order valence-corrected chi connectivity index (χ3v) is 2.07. The van der Waals surface area contributed by atoms with Gasteiger partial charge in [0.2, 0.25) is 0 Å². The molecule has 15 heavy (non-hydrogen) atoms. The highest BCUT2D eigenvalue weighted by Gasteiger charge is 2.11. The first kappa shape index (κ1) is 11.7. The molecule has 0 spiro atoms. The van der Waals surface area contributed by atoms with Crippen LogP contribution in [0.4, 0.5) is 4.39 Å². The fourth-order valence-electron chi connectivity index (χ4n) is 1.22. The van der Waals surface area contributed by atoms with E-state index in [1.165, 1.54) is 12.1 Å². The number of ether oxygens (including phenoxy) is 1. The van der Waals surface area contributed by atoms with Crippen LogP contribution in [0, 0.1) is 5.82 Å². The summed E-state index contributed by atoms with van der Waals surface area (Å²) in [6, 6.07) is 5.84. The van der Waals surface area contributed by atoms with E-state index in [9.17, 15) is 9.18 Å². The maximum absolute atomic E-state index is 13.1. The monoisotopic (exact) mass is 210 g/mol. The van der Waals surface area contributed by atoms with E-state index in [2.05, 4.69) is 6.92 Å². The zero-order valence-electron chi connectivity index (χ0n) is 8.83. The Morgan fingerprint density at radius 3 is 2.73 bits per heavy atom. The predicted molar refractivity (Wildman–Crippen MR) is 56.2 cm³/mol. The molecule has 0 N–H and O–H groups in total. The van der Waals surface area contributed by atoms with Gasteiger partial charge in [-0.1, -0.05) is 31.9 Å². The van der Waals surface area contributed by atoms with Crippen molar-refractivity contribution in [2.75, 3.05) is 6.61 Å². The molecule has 3 heteroatoms. The molecule has 0 bridgehead atoms. The molecule has 2 nitrogen and oxygen atoms in total. The van der Waals surface area contributed by atoms with E-state index in [0.29, 0.717) is 6.61 Å². The molecule has 1 aromatic rings. The maximum atomic E-state index is 13.1. The van der Waals surface area contributed by atoms with Gasteiger partial charge in [-0.2, -0.15) is 0 Å². The molecular weight excluding hydrogens is 195 g/mol. The van der Waals surface area contributed by atoms with E-state index in [1.54, 1.807) is 12.1 Å². The van der Waals surface area contributed by atoms with Crippen LogP contribution >= 0.6 is 0 Å². The maximum Gasteiger partial charge on any atom is 0.341 e. The molecule has 0 unspecified atom stereocenters. The molecule has 0 heterocycles. The van der Waals surface area contributed by atoms with Gasteiger partial charge >= 0.3 is 5.97 Å².